The number of anilines is 1. The van der Waals surface area contributed by atoms with Crippen molar-refractivity contribution in [2.75, 3.05) is 12.8 Å². The van der Waals surface area contributed by atoms with E-state index in [2.05, 4.69) is 5.32 Å². The predicted octanol–water partition coefficient (Wildman–Crippen LogP) is 2.91. The Balaban J connectivity index is 2.19. The number of nitrogens with two attached hydrogens (primary N) is 1. The molecule has 0 saturated carbocycles. The fourth-order valence-electron chi connectivity index (χ4n) is 2.12. The Bertz CT molecular complexity index is 658. The summed E-state index contributed by atoms with van der Waals surface area (Å²) in [5.41, 5.74) is 6.88. The van der Waals surface area contributed by atoms with E-state index >= 15 is 0 Å². The number of rotatable bonds is 4. The van der Waals surface area contributed by atoms with Crippen LogP contribution in [0, 0.1) is 5.82 Å². The van der Waals surface area contributed by atoms with Crippen LogP contribution in [0.2, 0.25) is 0 Å². The number of amides is 1. The first kappa shape index (κ1) is 14.8. The van der Waals surface area contributed by atoms with E-state index in [-0.39, 0.29) is 23.2 Å². The van der Waals surface area contributed by atoms with Crippen molar-refractivity contribution in [1.82, 2.24) is 5.32 Å². The van der Waals surface area contributed by atoms with E-state index in [4.69, 9.17) is 10.5 Å². The summed E-state index contributed by atoms with van der Waals surface area (Å²) in [4.78, 5) is 12.2. The third kappa shape index (κ3) is 3.31. The SMILES string of the molecule is COc1ccccc1[C@H](C)NC(=O)c1ccc(F)cc1N. The predicted molar refractivity (Wildman–Crippen MR) is 79.7 cm³/mol. The average Bonchev–Trinajstić information content (AvgIpc) is 2.46. The minimum Gasteiger partial charge on any atom is -0.496 e. The van der Waals surface area contributed by atoms with E-state index in [0.717, 1.165) is 11.6 Å². The molecular formula is C16H17FN2O2. The van der Waals surface area contributed by atoms with Gasteiger partial charge in [0.15, 0.2) is 0 Å². The molecule has 0 aromatic heterocycles. The zero-order valence-electron chi connectivity index (χ0n) is 11.9. The second-order valence-corrected chi connectivity index (χ2v) is 4.67. The molecule has 0 aliphatic heterocycles. The number of halogens is 1. The van der Waals surface area contributed by atoms with Gasteiger partial charge >= 0.3 is 0 Å². The number of ether oxygens (including phenoxy) is 1. The van der Waals surface area contributed by atoms with Crippen LogP contribution in [-0.4, -0.2) is 13.0 Å². The molecule has 110 valence electrons. The van der Waals surface area contributed by atoms with Gasteiger partial charge in [-0.15, -0.1) is 0 Å². The maximum atomic E-state index is 13.0. The number of benzene rings is 2. The Kier molecular flexibility index (Phi) is 4.42. The highest BCUT2D eigenvalue weighted by Crippen LogP contribution is 2.25. The molecule has 0 saturated heterocycles. The lowest BCUT2D eigenvalue weighted by Crippen LogP contribution is -2.27. The molecule has 0 bridgehead atoms. The molecule has 2 aromatic carbocycles. The van der Waals surface area contributed by atoms with E-state index in [1.165, 1.54) is 12.1 Å². The minimum atomic E-state index is -0.471. The second kappa shape index (κ2) is 6.26. The molecular weight excluding hydrogens is 271 g/mol. The fraction of sp³-hybridized carbons (Fsp3) is 0.188. The van der Waals surface area contributed by atoms with Crippen LogP contribution in [0.4, 0.5) is 10.1 Å². The molecule has 0 spiro atoms. The van der Waals surface area contributed by atoms with E-state index < -0.39 is 5.82 Å². The van der Waals surface area contributed by atoms with Gasteiger partial charge in [-0.3, -0.25) is 4.79 Å². The van der Waals surface area contributed by atoms with Crippen LogP contribution in [0.25, 0.3) is 0 Å². The molecule has 0 radical (unpaired) electrons. The maximum absolute atomic E-state index is 13.0. The third-order valence-corrected chi connectivity index (χ3v) is 3.21. The summed E-state index contributed by atoms with van der Waals surface area (Å²) in [5.74, 6) is -0.134. The first-order valence-corrected chi connectivity index (χ1v) is 6.51. The van der Waals surface area contributed by atoms with Gasteiger partial charge in [0.05, 0.1) is 18.7 Å². The Morgan fingerprint density at radius 2 is 2.00 bits per heavy atom. The topological polar surface area (TPSA) is 64.3 Å². The molecule has 4 nitrogen and oxygen atoms in total. The van der Waals surface area contributed by atoms with Crippen LogP contribution in [0.5, 0.6) is 5.75 Å². The van der Waals surface area contributed by atoms with Crippen molar-refractivity contribution in [1.29, 1.82) is 0 Å². The number of nitrogens with one attached hydrogen (secondary N) is 1. The number of nitrogen functional groups attached to an aromatic ring is 1. The Hall–Kier alpha value is -2.56. The summed E-state index contributed by atoms with van der Waals surface area (Å²) >= 11 is 0. The molecule has 21 heavy (non-hydrogen) atoms. The van der Waals surface area contributed by atoms with Crippen molar-refractivity contribution >= 4 is 11.6 Å². The highest BCUT2D eigenvalue weighted by atomic mass is 19.1. The van der Waals surface area contributed by atoms with E-state index in [1.807, 2.05) is 31.2 Å². The van der Waals surface area contributed by atoms with Gasteiger partial charge in [-0.25, -0.2) is 4.39 Å². The number of carbonyl (C=O) groups is 1. The van der Waals surface area contributed by atoms with E-state index in [9.17, 15) is 9.18 Å². The minimum absolute atomic E-state index is 0.111. The van der Waals surface area contributed by atoms with E-state index in [0.29, 0.717) is 5.75 Å². The van der Waals surface area contributed by atoms with Crippen LogP contribution in [0.3, 0.4) is 0 Å². The van der Waals surface area contributed by atoms with Crippen molar-refractivity contribution in [2.24, 2.45) is 0 Å². The van der Waals surface area contributed by atoms with Gasteiger partial charge in [-0.1, -0.05) is 18.2 Å². The molecule has 1 atom stereocenters. The zero-order chi connectivity index (χ0) is 15.4. The van der Waals surface area contributed by atoms with E-state index in [1.54, 1.807) is 7.11 Å². The molecule has 2 rings (SSSR count). The van der Waals surface area contributed by atoms with Crippen molar-refractivity contribution in [3.8, 4) is 5.75 Å². The summed E-state index contributed by atoms with van der Waals surface area (Å²) in [6.45, 7) is 1.84. The van der Waals surface area contributed by atoms with Crippen molar-refractivity contribution < 1.29 is 13.9 Å². The Labute approximate surface area is 122 Å². The number of para-hydroxylation sites is 1. The maximum Gasteiger partial charge on any atom is 0.253 e. The summed E-state index contributed by atoms with van der Waals surface area (Å²) < 4.78 is 18.3. The largest absolute Gasteiger partial charge is 0.496 e. The van der Waals surface area contributed by atoms with Gasteiger partial charge in [0.1, 0.15) is 11.6 Å². The van der Waals surface area contributed by atoms with Crippen molar-refractivity contribution in [2.45, 2.75) is 13.0 Å². The zero-order valence-corrected chi connectivity index (χ0v) is 11.9. The fourth-order valence-corrected chi connectivity index (χ4v) is 2.12. The van der Waals surface area contributed by atoms with Gasteiger partial charge < -0.3 is 15.8 Å². The number of hydrogen-bond acceptors (Lipinski definition) is 3. The van der Waals surface area contributed by atoms with Crippen molar-refractivity contribution in [3.63, 3.8) is 0 Å². The smallest absolute Gasteiger partial charge is 0.253 e. The Morgan fingerprint density at radius 3 is 2.67 bits per heavy atom. The molecule has 2 aromatic rings. The average molecular weight is 288 g/mol. The number of methoxy groups -OCH3 is 1. The van der Waals surface area contributed by atoms with Crippen LogP contribution in [0.15, 0.2) is 42.5 Å². The number of carbonyl (C=O) groups excluding carboxylic acids is 1. The Morgan fingerprint density at radius 1 is 1.29 bits per heavy atom. The van der Waals surface area contributed by atoms with Crippen LogP contribution < -0.4 is 15.8 Å². The normalized spacial score (nSPS) is 11.8. The number of hydrogen-bond donors (Lipinski definition) is 2. The molecule has 0 heterocycles. The molecule has 3 N–H and O–H groups in total. The molecule has 0 aliphatic carbocycles. The standard InChI is InChI=1S/C16H17FN2O2/c1-10(12-5-3-4-6-15(12)21-2)19-16(20)13-8-7-11(17)9-14(13)18/h3-10H,18H2,1-2H3,(H,19,20)/t10-/m0/s1. The van der Waals surface area contributed by atoms with Gasteiger partial charge in [0, 0.05) is 11.3 Å². The highest BCUT2D eigenvalue weighted by Gasteiger charge is 2.16. The second-order valence-electron chi connectivity index (χ2n) is 4.67. The summed E-state index contributed by atoms with van der Waals surface area (Å²) in [6.07, 6.45) is 0. The van der Waals surface area contributed by atoms with Crippen LogP contribution in [-0.2, 0) is 0 Å². The van der Waals surface area contributed by atoms with Crippen LogP contribution in [0.1, 0.15) is 28.9 Å². The lowest BCUT2D eigenvalue weighted by atomic mass is 10.1. The first-order valence-electron chi connectivity index (χ1n) is 6.51. The lowest BCUT2D eigenvalue weighted by molar-refractivity contribution is 0.0940. The molecule has 1 amide bonds. The lowest BCUT2D eigenvalue weighted by Gasteiger charge is -2.17. The summed E-state index contributed by atoms with van der Waals surface area (Å²) in [5, 5.41) is 2.83. The van der Waals surface area contributed by atoms with Crippen LogP contribution >= 0.6 is 0 Å². The summed E-state index contributed by atoms with van der Waals surface area (Å²) in [7, 11) is 1.57. The molecule has 0 unspecified atom stereocenters. The van der Waals surface area contributed by atoms with Crippen molar-refractivity contribution in [3.05, 3.63) is 59.4 Å². The summed E-state index contributed by atoms with van der Waals surface area (Å²) in [6, 6.07) is 10.9. The van der Waals surface area contributed by atoms with Gasteiger partial charge in [0.25, 0.3) is 5.91 Å². The molecule has 5 heteroatoms. The quantitative estimate of drug-likeness (QED) is 0.850. The van der Waals surface area contributed by atoms with Gasteiger partial charge in [-0.05, 0) is 31.2 Å². The first-order chi connectivity index (χ1) is 10.0. The monoisotopic (exact) mass is 288 g/mol. The highest BCUT2D eigenvalue weighted by molar-refractivity contribution is 5.99. The van der Waals surface area contributed by atoms with Gasteiger partial charge in [-0.2, -0.15) is 0 Å². The van der Waals surface area contributed by atoms with Gasteiger partial charge in [0.2, 0.25) is 0 Å². The molecule has 0 aliphatic rings. The molecule has 0 fully saturated rings. The third-order valence-electron chi connectivity index (χ3n) is 3.21.